The molecule has 1 aromatic heterocycles. The van der Waals surface area contributed by atoms with E-state index in [0.29, 0.717) is 5.69 Å². The SMILES string of the molecule is Cn1nccc1C(=O)N1CCN(CC=Cc2ccccc2)CC1. The van der Waals surface area contributed by atoms with Gasteiger partial charge in [0.25, 0.3) is 5.91 Å². The summed E-state index contributed by atoms with van der Waals surface area (Å²) < 4.78 is 1.64. The molecule has 23 heavy (non-hydrogen) atoms. The van der Waals surface area contributed by atoms with E-state index in [1.54, 1.807) is 24.0 Å². The summed E-state index contributed by atoms with van der Waals surface area (Å²) in [4.78, 5) is 16.7. The Balaban J connectivity index is 1.48. The van der Waals surface area contributed by atoms with E-state index in [1.165, 1.54) is 5.56 Å². The molecule has 0 spiro atoms. The molecule has 0 unspecified atom stereocenters. The van der Waals surface area contributed by atoms with Gasteiger partial charge in [-0.15, -0.1) is 0 Å². The van der Waals surface area contributed by atoms with Gasteiger partial charge in [-0.1, -0.05) is 42.5 Å². The second-order valence-electron chi connectivity index (χ2n) is 5.75. The summed E-state index contributed by atoms with van der Waals surface area (Å²) in [6.07, 6.45) is 6.00. The van der Waals surface area contributed by atoms with Gasteiger partial charge in [-0.3, -0.25) is 14.4 Å². The van der Waals surface area contributed by atoms with Crippen LogP contribution in [0.4, 0.5) is 0 Å². The first-order valence-corrected chi connectivity index (χ1v) is 7.95. The van der Waals surface area contributed by atoms with Crippen molar-refractivity contribution >= 4 is 12.0 Å². The summed E-state index contributed by atoms with van der Waals surface area (Å²) in [5.74, 6) is 0.0736. The first kappa shape index (κ1) is 15.5. The Hall–Kier alpha value is -2.40. The number of carbonyl (C=O) groups excluding carboxylic acids is 1. The summed E-state index contributed by atoms with van der Waals surface area (Å²) >= 11 is 0. The average molecular weight is 310 g/mol. The van der Waals surface area contributed by atoms with Crippen molar-refractivity contribution in [2.24, 2.45) is 7.05 Å². The third-order valence-corrected chi connectivity index (χ3v) is 4.17. The van der Waals surface area contributed by atoms with Crippen LogP contribution in [0, 0.1) is 0 Å². The van der Waals surface area contributed by atoms with Gasteiger partial charge in [0.05, 0.1) is 0 Å². The standard InChI is InChI=1S/C18H22N4O/c1-20-17(9-10-19-20)18(23)22-14-12-21(13-15-22)11-5-8-16-6-3-2-4-7-16/h2-10H,11-15H2,1H3. The van der Waals surface area contributed by atoms with Crippen LogP contribution in [0.15, 0.2) is 48.7 Å². The lowest BCUT2D eigenvalue weighted by Crippen LogP contribution is -2.48. The molecule has 0 aliphatic carbocycles. The van der Waals surface area contributed by atoms with Gasteiger partial charge in [-0.25, -0.2) is 0 Å². The van der Waals surface area contributed by atoms with Crippen LogP contribution >= 0.6 is 0 Å². The van der Waals surface area contributed by atoms with Crippen LogP contribution in [0.5, 0.6) is 0 Å². The predicted octanol–water partition coefficient (Wildman–Crippen LogP) is 1.89. The Labute approximate surface area is 136 Å². The molecule has 120 valence electrons. The third kappa shape index (κ3) is 3.87. The second-order valence-corrected chi connectivity index (χ2v) is 5.75. The molecule has 1 aliphatic rings. The van der Waals surface area contributed by atoms with Crippen molar-refractivity contribution in [3.63, 3.8) is 0 Å². The van der Waals surface area contributed by atoms with Crippen LogP contribution in [0.25, 0.3) is 6.08 Å². The quantitative estimate of drug-likeness (QED) is 0.866. The Bertz CT molecular complexity index is 669. The first-order valence-electron chi connectivity index (χ1n) is 7.95. The Morgan fingerprint density at radius 2 is 1.87 bits per heavy atom. The molecule has 0 saturated carbocycles. The number of nitrogens with zero attached hydrogens (tertiary/aromatic N) is 4. The fraction of sp³-hybridized carbons (Fsp3) is 0.333. The smallest absolute Gasteiger partial charge is 0.272 e. The zero-order valence-corrected chi connectivity index (χ0v) is 13.4. The van der Waals surface area contributed by atoms with E-state index in [4.69, 9.17) is 0 Å². The van der Waals surface area contributed by atoms with Gasteiger partial charge >= 0.3 is 0 Å². The molecule has 1 saturated heterocycles. The van der Waals surface area contributed by atoms with E-state index in [0.717, 1.165) is 32.7 Å². The molecule has 5 heteroatoms. The van der Waals surface area contributed by atoms with E-state index >= 15 is 0 Å². The minimum atomic E-state index is 0.0736. The summed E-state index contributed by atoms with van der Waals surface area (Å²) in [7, 11) is 1.80. The second kappa shape index (κ2) is 7.24. The van der Waals surface area contributed by atoms with Crippen molar-refractivity contribution in [3.05, 3.63) is 59.9 Å². The zero-order valence-electron chi connectivity index (χ0n) is 13.4. The number of hydrogen-bond acceptors (Lipinski definition) is 3. The van der Waals surface area contributed by atoms with Crippen LogP contribution in [-0.2, 0) is 7.05 Å². The van der Waals surface area contributed by atoms with Crippen LogP contribution in [0.1, 0.15) is 16.1 Å². The van der Waals surface area contributed by atoms with E-state index in [-0.39, 0.29) is 5.91 Å². The lowest BCUT2D eigenvalue weighted by atomic mass is 10.2. The fourth-order valence-electron chi connectivity index (χ4n) is 2.78. The van der Waals surface area contributed by atoms with E-state index in [9.17, 15) is 4.79 Å². The van der Waals surface area contributed by atoms with Gasteiger partial charge in [-0.2, -0.15) is 5.10 Å². The molecule has 5 nitrogen and oxygen atoms in total. The van der Waals surface area contributed by atoms with Crippen LogP contribution < -0.4 is 0 Å². The molecule has 1 amide bonds. The van der Waals surface area contributed by atoms with E-state index in [1.807, 2.05) is 23.1 Å². The highest BCUT2D eigenvalue weighted by Crippen LogP contribution is 2.08. The molecule has 0 atom stereocenters. The fourth-order valence-corrected chi connectivity index (χ4v) is 2.78. The number of amides is 1. The molecule has 1 aromatic carbocycles. The van der Waals surface area contributed by atoms with Gasteiger partial charge in [0.15, 0.2) is 0 Å². The van der Waals surface area contributed by atoms with Crippen molar-refractivity contribution in [1.82, 2.24) is 19.6 Å². The molecule has 0 bridgehead atoms. The molecule has 2 aromatic rings. The van der Waals surface area contributed by atoms with Crippen molar-refractivity contribution in [2.75, 3.05) is 32.7 Å². The van der Waals surface area contributed by atoms with Gasteiger partial charge in [0.1, 0.15) is 5.69 Å². The van der Waals surface area contributed by atoms with Crippen molar-refractivity contribution in [1.29, 1.82) is 0 Å². The topological polar surface area (TPSA) is 41.4 Å². The first-order chi connectivity index (χ1) is 11.2. The van der Waals surface area contributed by atoms with E-state index in [2.05, 4.69) is 34.3 Å². The number of piperazine rings is 1. The maximum absolute atomic E-state index is 12.4. The Morgan fingerprint density at radius 1 is 1.13 bits per heavy atom. The molecule has 0 N–H and O–H groups in total. The number of carbonyl (C=O) groups is 1. The summed E-state index contributed by atoms with van der Waals surface area (Å²) in [5.41, 5.74) is 1.87. The zero-order chi connectivity index (χ0) is 16.1. The molecule has 1 aliphatic heterocycles. The largest absolute Gasteiger partial charge is 0.335 e. The summed E-state index contributed by atoms with van der Waals surface area (Å²) in [6.45, 7) is 4.26. The van der Waals surface area contributed by atoms with Crippen LogP contribution in [-0.4, -0.2) is 58.2 Å². The van der Waals surface area contributed by atoms with Crippen LogP contribution in [0.3, 0.4) is 0 Å². The minimum absolute atomic E-state index is 0.0736. The lowest BCUT2D eigenvalue weighted by molar-refractivity contribution is 0.0639. The van der Waals surface area contributed by atoms with E-state index < -0.39 is 0 Å². The average Bonchev–Trinajstić information content (AvgIpc) is 3.02. The van der Waals surface area contributed by atoms with Crippen molar-refractivity contribution in [3.8, 4) is 0 Å². The highest BCUT2D eigenvalue weighted by molar-refractivity contribution is 5.92. The Morgan fingerprint density at radius 3 is 2.52 bits per heavy atom. The molecule has 1 fully saturated rings. The number of aryl methyl sites for hydroxylation is 1. The highest BCUT2D eigenvalue weighted by Gasteiger charge is 2.23. The molecular formula is C18H22N4O. The molecule has 2 heterocycles. The summed E-state index contributed by atoms with van der Waals surface area (Å²) in [6, 6.07) is 12.1. The molecule has 3 rings (SSSR count). The number of aromatic nitrogens is 2. The summed E-state index contributed by atoms with van der Waals surface area (Å²) in [5, 5.41) is 4.07. The van der Waals surface area contributed by atoms with Crippen molar-refractivity contribution in [2.45, 2.75) is 0 Å². The number of rotatable bonds is 4. The number of benzene rings is 1. The van der Waals surface area contributed by atoms with Gasteiger partial charge in [-0.05, 0) is 11.6 Å². The molecular weight excluding hydrogens is 288 g/mol. The molecule has 0 radical (unpaired) electrons. The normalized spacial score (nSPS) is 16.1. The third-order valence-electron chi connectivity index (χ3n) is 4.17. The maximum atomic E-state index is 12.4. The van der Waals surface area contributed by atoms with Gasteiger partial charge in [0.2, 0.25) is 0 Å². The number of hydrogen-bond donors (Lipinski definition) is 0. The maximum Gasteiger partial charge on any atom is 0.272 e. The monoisotopic (exact) mass is 310 g/mol. The van der Waals surface area contributed by atoms with Crippen molar-refractivity contribution < 1.29 is 4.79 Å². The van der Waals surface area contributed by atoms with Crippen LogP contribution in [0.2, 0.25) is 0 Å². The van der Waals surface area contributed by atoms with Gasteiger partial charge in [0, 0.05) is 46.0 Å². The predicted molar refractivity (Wildman–Crippen MR) is 91.0 cm³/mol. The minimum Gasteiger partial charge on any atom is -0.335 e. The highest BCUT2D eigenvalue weighted by atomic mass is 16.2. The Kier molecular flexibility index (Phi) is 4.88. The lowest BCUT2D eigenvalue weighted by Gasteiger charge is -2.34. The van der Waals surface area contributed by atoms with Gasteiger partial charge < -0.3 is 4.90 Å².